The number of hydrogen-bond acceptors (Lipinski definition) is 1. The van der Waals surface area contributed by atoms with E-state index in [0.29, 0.717) is 0 Å². The lowest BCUT2D eigenvalue weighted by Crippen LogP contribution is -2.34. The molecule has 0 N–H and O–H groups in total. The number of anilines is 3. The Morgan fingerprint density at radius 3 is 1.61 bits per heavy atom. The van der Waals surface area contributed by atoms with Gasteiger partial charge in [0.1, 0.15) is 0 Å². The van der Waals surface area contributed by atoms with Gasteiger partial charge in [0.25, 0.3) is 0 Å². The van der Waals surface area contributed by atoms with Gasteiger partial charge in [0.05, 0.1) is 11.1 Å². The highest BCUT2D eigenvalue weighted by atomic mass is 15.1. The summed E-state index contributed by atoms with van der Waals surface area (Å²) in [5.74, 6) is 0. The van der Waals surface area contributed by atoms with Gasteiger partial charge in [-0.25, -0.2) is 0 Å². The number of fused-ring (bicyclic) bond motifs is 7. The van der Waals surface area contributed by atoms with Gasteiger partial charge in [-0.15, -0.1) is 0 Å². The molecule has 2 aliphatic carbocycles. The first-order chi connectivity index (χ1) is 32.2. The van der Waals surface area contributed by atoms with E-state index in [1.165, 1.54) is 94.0 Å². The number of benzene rings is 10. The van der Waals surface area contributed by atoms with Crippen LogP contribution in [-0.2, 0) is 16.2 Å². The molecule has 318 valence electrons. The lowest BCUT2D eigenvalue weighted by atomic mass is 9.61. The molecule has 0 saturated heterocycles. The Bertz CT molecular complexity index is 3410. The van der Waals surface area contributed by atoms with Crippen LogP contribution in [0.3, 0.4) is 0 Å². The van der Waals surface area contributed by atoms with Crippen LogP contribution >= 0.6 is 0 Å². The number of nitrogens with zero attached hydrogens (tertiary/aromatic N) is 1. The van der Waals surface area contributed by atoms with Crippen LogP contribution in [0.5, 0.6) is 0 Å². The molecule has 0 aromatic heterocycles. The average molecular weight is 848 g/mol. The number of para-hydroxylation sites is 1. The van der Waals surface area contributed by atoms with E-state index in [4.69, 9.17) is 0 Å². The second-order valence-corrected chi connectivity index (χ2v) is 19.8. The van der Waals surface area contributed by atoms with E-state index in [2.05, 4.69) is 257 Å². The lowest BCUT2D eigenvalue weighted by Gasteiger charge is -2.43. The molecule has 10 aromatic carbocycles. The van der Waals surface area contributed by atoms with Gasteiger partial charge < -0.3 is 4.90 Å². The largest absolute Gasteiger partial charge is 0.310 e. The lowest BCUT2D eigenvalue weighted by molar-refractivity contribution is 0.333. The van der Waals surface area contributed by atoms with Crippen LogP contribution in [-0.4, -0.2) is 0 Å². The van der Waals surface area contributed by atoms with E-state index in [1.54, 1.807) is 0 Å². The topological polar surface area (TPSA) is 3.24 Å². The highest BCUT2D eigenvalue weighted by Crippen LogP contribution is 2.60. The molecule has 0 atom stereocenters. The molecule has 0 aliphatic heterocycles. The molecule has 0 amide bonds. The van der Waals surface area contributed by atoms with Crippen molar-refractivity contribution in [3.05, 3.63) is 258 Å². The van der Waals surface area contributed by atoms with E-state index in [1.807, 2.05) is 0 Å². The smallest absolute Gasteiger partial charge is 0.0714 e. The molecule has 1 heteroatoms. The van der Waals surface area contributed by atoms with Crippen molar-refractivity contribution < 1.29 is 0 Å². The summed E-state index contributed by atoms with van der Waals surface area (Å²) in [6.07, 6.45) is 2.29. The zero-order valence-corrected chi connectivity index (χ0v) is 38.2. The van der Waals surface area contributed by atoms with Crippen molar-refractivity contribution in [2.24, 2.45) is 0 Å². The van der Waals surface area contributed by atoms with E-state index in [9.17, 15) is 0 Å². The predicted octanol–water partition coefficient (Wildman–Crippen LogP) is 17.5. The predicted molar refractivity (Wildman–Crippen MR) is 280 cm³/mol. The molecule has 0 fully saturated rings. The SMILES string of the molecule is CC1(C)CCC(C)(C)c2c(-c3cc4c(cc3N(c3ccccc3)c3ccc(-c5cc6ccccc6c6ccccc56)cc3)C(c3ccccc3)(c3ccccc3)c3ccccc3-4)cccc21. The third-order valence-corrected chi connectivity index (χ3v) is 15.2. The zero-order valence-electron chi connectivity index (χ0n) is 38.2. The minimum Gasteiger partial charge on any atom is -0.310 e. The summed E-state index contributed by atoms with van der Waals surface area (Å²) in [5, 5.41) is 5.08. The molecule has 66 heavy (non-hydrogen) atoms. The first kappa shape index (κ1) is 40.1. The Balaban J connectivity index is 1.17. The Morgan fingerprint density at radius 1 is 0.348 bits per heavy atom. The van der Waals surface area contributed by atoms with Crippen molar-refractivity contribution in [3.8, 4) is 33.4 Å². The summed E-state index contributed by atoms with van der Waals surface area (Å²) < 4.78 is 0. The Morgan fingerprint density at radius 2 is 0.894 bits per heavy atom. The minimum absolute atomic E-state index is 0.0185. The maximum absolute atomic E-state index is 2.57. The average Bonchev–Trinajstić information content (AvgIpc) is 3.66. The molecule has 1 nitrogen and oxygen atoms in total. The normalized spacial score (nSPS) is 15.2. The fourth-order valence-corrected chi connectivity index (χ4v) is 11.9. The van der Waals surface area contributed by atoms with Gasteiger partial charge in [-0.2, -0.15) is 0 Å². The molecule has 0 radical (unpaired) electrons. The van der Waals surface area contributed by atoms with Crippen LogP contribution < -0.4 is 4.90 Å². The standard InChI is InChI=1S/C65H53N/c1-63(2)39-40-64(3,4)62-54(32-20-34-59(62)63)57-42-56-53-31-18-19-33-58(53)65(46-22-8-5-9-23-46,47-24-10-6-11-25-47)60(56)43-61(57)66(48-26-12-7-13-27-48)49-37-35-44(36-38-49)55-41-45-21-14-15-28-50(45)51-29-16-17-30-52(51)55/h5-38,41-43H,39-40H2,1-4H3. The molecule has 0 bridgehead atoms. The van der Waals surface area contributed by atoms with Crippen LogP contribution in [0.25, 0.3) is 54.9 Å². The first-order valence-corrected chi connectivity index (χ1v) is 23.6. The summed E-state index contributed by atoms with van der Waals surface area (Å²) in [4.78, 5) is 2.53. The highest BCUT2D eigenvalue weighted by Gasteiger charge is 2.47. The van der Waals surface area contributed by atoms with Gasteiger partial charge in [-0.1, -0.05) is 210 Å². The fraction of sp³-hybridized carbons (Fsp3) is 0.138. The van der Waals surface area contributed by atoms with Gasteiger partial charge in [0, 0.05) is 16.9 Å². The van der Waals surface area contributed by atoms with E-state index in [-0.39, 0.29) is 10.8 Å². The minimum atomic E-state index is -0.553. The van der Waals surface area contributed by atoms with E-state index >= 15 is 0 Å². The quantitative estimate of drug-likeness (QED) is 0.144. The summed E-state index contributed by atoms with van der Waals surface area (Å²) in [7, 11) is 0. The van der Waals surface area contributed by atoms with Crippen LogP contribution in [0.4, 0.5) is 17.1 Å². The summed E-state index contributed by atoms with van der Waals surface area (Å²) in [6, 6.07) is 84.2. The maximum Gasteiger partial charge on any atom is 0.0714 e. The Kier molecular flexibility index (Phi) is 9.30. The van der Waals surface area contributed by atoms with E-state index in [0.717, 1.165) is 24.2 Å². The Hall–Kier alpha value is -7.48. The monoisotopic (exact) mass is 847 g/mol. The third kappa shape index (κ3) is 6.13. The maximum atomic E-state index is 2.57. The van der Waals surface area contributed by atoms with E-state index < -0.39 is 5.41 Å². The summed E-state index contributed by atoms with van der Waals surface area (Å²) in [6.45, 7) is 9.81. The fourth-order valence-electron chi connectivity index (χ4n) is 11.9. The van der Waals surface area contributed by atoms with Crippen molar-refractivity contribution in [1.29, 1.82) is 0 Å². The molecular formula is C65H53N. The second-order valence-electron chi connectivity index (χ2n) is 19.8. The molecule has 0 saturated carbocycles. The van der Waals surface area contributed by atoms with Crippen LogP contribution in [0.15, 0.2) is 224 Å². The van der Waals surface area contributed by atoms with Crippen molar-refractivity contribution in [2.75, 3.05) is 4.90 Å². The van der Waals surface area contributed by atoms with Crippen molar-refractivity contribution in [2.45, 2.75) is 56.8 Å². The first-order valence-electron chi connectivity index (χ1n) is 23.6. The molecule has 10 aromatic rings. The molecule has 0 heterocycles. The zero-order chi connectivity index (χ0) is 44.6. The van der Waals surface area contributed by atoms with Crippen molar-refractivity contribution >= 4 is 38.6 Å². The number of rotatable bonds is 7. The van der Waals surface area contributed by atoms with Gasteiger partial charge in [-0.3, -0.25) is 0 Å². The molecule has 2 aliphatic rings. The van der Waals surface area contributed by atoms with Gasteiger partial charge in [0.2, 0.25) is 0 Å². The summed E-state index contributed by atoms with van der Waals surface area (Å²) in [5.41, 5.74) is 18.5. The number of hydrogen-bond donors (Lipinski definition) is 0. The molecule has 0 spiro atoms. The third-order valence-electron chi connectivity index (χ3n) is 15.2. The Labute approximate surface area is 389 Å². The van der Waals surface area contributed by atoms with Gasteiger partial charge in [-0.05, 0) is 149 Å². The molecule has 0 unspecified atom stereocenters. The van der Waals surface area contributed by atoms with Crippen molar-refractivity contribution in [1.82, 2.24) is 0 Å². The van der Waals surface area contributed by atoms with Crippen LogP contribution in [0.2, 0.25) is 0 Å². The molecular weight excluding hydrogens is 795 g/mol. The highest BCUT2D eigenvalue weighted by molar-refractivity contribution is 6.14. The van der Waals surface area contributed by atoms with Gasteiger partial charge >= 0.3 is 0 Å². The van der Waals surface area contributed by atoms with Crippen molar-refractivity contribution in [3.63, 3.8) is 0 Å². The van der Waals surface area contributed by atoms with Crippen LogP contribution in [0, 0.1) is 0 Å². The van der Waals surface area contributed by atoms with Gasteiger partial charge in [0.15, 0.2) is 0 Å². The molecule has 12 rings (SSSR count). The summed E-state index contributed by atoms with van der Waals surface area (Å²) >= 11 is 0. The second kappa shape index (κ2) is 15.3. The van der Waals surface area contributed by atoms with Crippen LogP contribution in [0.1, 0.15) is 73.9 Å².